The summed E-state index contributed by atoms with van der Waals surface area (Å²) in [7, 11) is 0. The third-order valence-electron chi connectivity index (χ3n) is 7.16. The number of hydrazine groups is 1. The van der Waals surface area contributed by atoms with Crippen LogP contribution in [0.25, 0.3) is 0 Å². The Morgan fingerprint density at radius 2 is 1.82 bits per heavy atom. The van der Waals surface area contributed by atoms with Crippen molar-refractivity contribution < 1.29 is 14.3 Å². The lowest BCUT2D eigenvalue weighted by molar-refractivity contribution is -0.145. The van der Waals surface area contributed by atoms with Gasteiger partial charge < -0.3 is 9.64 Å². The Morgan fingerprint density at radius 1 is 1.04 bits per heavy atom. The highest BCUT2D eigenvalue weighted by molar-refractivity contribution is 5.83. The maximum absolute atomic E-state index is 12.9. The second-order valence-corrected chi connectivity index (χ2v) is 8.86. The van der Waals surface area contributed by atoms with Crippen LogP contribution in [0.2, 0.25) is 0 Å². The van der Waals surface area contributed by atoms with Crippen LogP contribution >= 0.6 is 0 Å². The summed E-state index contributed by atoms with van der Waals surface area (Å²) in [6.45, 7) is 8.80. The van der Waals surface area contributed by atoms with Gasteiger partial charge in [-0.15, -0.1) is 0 Å². The van der Waals surface area contributed by atoms with Crippen LogP contribution in [0.3, 0.4) is 0 Å². The number of piperazine rings is 1. The number of nitrogens with zero attached hydrogens (tertiary/aromatic N) is 3. The fourth-order valence-electron chi connectivity index (χ4n) is 5.35. The van der Waals surface area contributed by atoms with Gasteiger partial charge in [-0.25, -0.2) is 5.43 Å². The van der Waals surface area contributed by atoms with Crippen LogP contribution < -0.4 is 10.9 Å². The molecule has 0 bridgehead atoms. The molecule has 4 unspecified atom stereocenters. The minimum absolute atomic E-state index is 0.00376. The number of ether oxygens (including phenoxy) is 1. The number of amides is 2. The van der Waals surface area contributed by atoms with E-state index in [1.807, 2.05) is 0 Å². The molecule has 2 N–H and O–H groups in total. The number of hydrogen-bond donors (Lipinski definition) is 2. The maximum Gasteiger partial charge on any atom is 0.253 e. The van der Waals surface area contributed by atoms with Gasteiger partial charge >= 0.3 is 0 Å². The minimum Gasteiger partial charge on any atom is -0.379 e. The molecule has 158 valence electrons. The first-order chi connectivity index (χ1) is 13.6. The van der Waals surface area contributed by atoms with Crippen LogP contribution in [0.1, 0.15) is 32.6 Å². The molecule has 3 saturated heterocycles. The van der Waals surface area contributed by atoms with Crippen LogP contribution in [0.15, 0.2) is 0 Å². The highest BCUT2D eigenvalue weighted by atomic mass is 16.5. The predicted molar refractivity (Wildman–Crippen MR) is 105 cm³/mol. The average molecular weight is 394 g/mol. The van der Waals surface area contributed by atoms with E-state index in [1.165, 1.54) is 25.7 Å². The maximum atomic E-state index is 12.9. The Labute approximate surface area is 167 Å². The fraction of sp³-hybridized carbons (Fsp3) is 0.900. The number of hydrogen-bond acceptors (Lipinski definition) is 6. The van der Waals surface area contributed by atoms with Crippen LogP contribution in [0, 0.1) is 11.8 Å². The van der Waals surface area contributed by atoms with Crippen LogP contribution in [0.5, 0.6) is 0 Å². The van der Waals surface area contributed by atoms with Crippen molar-refractivity contribution >= 4 is 11.8 Å². The van der Waals surface area contributed by atoms with E-state index in [0.29, 0.717) is 32.2 Å². The molecule has 0 radical (unpaired) electrons. The number of carbonyl (C=O) groups is 2. The smallest absolute Gasteiger partial charge is 0.253 e. The molecule has 4 fully saturated rings. The quantitative estimate of drug-likeness (QED) is 0.681. The van der Waals surface area contributed by atoms with Crippen molar-refractivity contribution in [3.8, 4) is 0 Å². The Hall–Kier alpha value is -1.22. The van der Waals surface area contributed by atoms with Crippen LogP contribution in [-0.2, 0) is 14.3 Å². The normalized spacial score (nSPS) is 36.4. The lowest BCUT2D eigenvalue weighted by Crippen LogP contribution is -2.71. The van der Waals surface area contributed by atoms with E-state index >= 15 is 0 Å². The monoisotopic (exact) mass is 393 g/mol. The highest BCUT2D eigenvalue weighted by Crippen LogP contribution is 2.30. The number of morpholine rings is 1. The average Bonchev–Trinajstić information content (AvgIpc) is 2.71. The Bertz CT molecular complexity index is 568. The van der Waals surface area contributed by atoms with Crippen LogP contribution in [0.4, 0.5) is 0 Å². The molecule has 8 heteroatoms. The minimum atomic E-state index is -0.220. The van der Waals surface area contributed by atoms with E-state index in [2.05, 4.69) is 32.5 Å². The second kappa shape index (κ2) is 9.07. The van der Waals surface area contributed by atoms with Gasteiger partial charge in [-0.2, -0.15) is 0 Å². The summed E-state index contributed by atoms with van der Waals surface area (Å²) >= 11 is 0. The summed E-state index contributed by atoms with van der Waals surface area (Å²) in [6, 6.07) is -0.200. The first-order valence-corrected chi connectivity index (χ1v) is 11.0. The Kier molecular flexibility index (Phi) is 6.50. The van der Waals surface area contributed by atoms with Gasteiger partial charge in [0.25, 0.3) is 5.91 Å². The molecule has 0 aromatic heterocycles. The lowest BCUT2D eigenvalue weighted by Gasteiger charge is -2.47. The van der Waals surface area contributed by atoms with E-state index in [1.54, 1.807) is 0 Å². The molecule has 4 aliphatic rings. The highest BCUT2D eigenvalue weighted by Gasteiger charge is 2.42. The molecule has 8 nitrogen and oxygen atoms in total. The summed E-state index contributed by atoms with van der Waals surface area (Å²) < 4.78 is 5.46. The fourth-order valence-corrected chi connectivity index (χ4v) is 5.35. The largest absolute Gasteiger partial charge is 0.379 e. The van der Waals surface area contributed by atoms with Crippen molar-refractivity contribution in [2.75, 3.05) is 59.0 Å². The SMILES string of the molecule is CC1CCCCC1CN1CCN(C2CNNC(=O)C2N2CCOCC2)CC1=O. The predicted octanol–water partition coefficient (Wildman–Crippen LogP) is -0.339. The van der Waals surface area contributed by atoms with Crippen LogP contribution in [-0.4, -0.2) is 97.6 Å². The zero-order valence-corrected chi connectivity index (χ0v) is 17.1. The standard InChI is InChI=1S/C20H35N5O3/c1-15-4-2-3-5-16(15)13-25-7-6-24(14-18(25)26)17-12-21-22-20(27)19(17)23-8-10-28-11-9-23/h15-17,19,21H,2-14H2,1H3,(H,22,27). The zero-order valence-electron chi connectivity index (χ0n) is 17.1. The van der Waals surface area contributed by atoms with Gasteiger partial charge in [0, 0.05) is 45.3 Å². The third kappa shape index (κ3) is 4.35. The number of nitrogens with one attached hydrogen (secondary N) is 2. The molecule has 4 atom stereocenters. The molecule has 2 amide bonds. The summed E-state index contributed by atoms with van der Waals surface area (Å²) in [5, 5.41) is 0. The van der Waals surface area contributed by atoms with Gasteiger partial charge in [0.2, 0.25) is 5.91 Å². The Morgan fingerprint density at radius 3 is 2.57 bits per heavy atom. The molecule has 1 saturated carbocycles. The summed E-state index contributed by atoms with van der Waals surface area (Å²) in [6.07, 6.45) is 5.18. The third-order valence-corrected chi connectivity index (χ3v) is 7.16. The van der Waals surface area contributed by atoms with Crippen molar-refractivity contribution in [3.63, 3.8) is 0 Å². The van der Waals surface area contributed by atoms with Gasteiger partial charge in [-0.1, -0.05) is 26.2 Å². The first kappa shape index (κ1) is 20.1. The van der Waals surface area contributed by atoms with Gasteiger partial charge in [0.1, 0.15) is 6.04 Å². The summed E-state index contributed by atoms with van der Waals surface area (Å²) in [5.74, 6) is 1.59. The molecular weight excluding hydrogens is 358 g/mol. The van der Waals surface area contributed by atoms with E-state index in [0.717, 1.165) is 38.6 Å². The van der Waals surface area contributed by atoms with Gasteiger partial charge in [0.05, 0.1) is 19.8 Å². The lowest BCUT2D eigenvalue weighted by atomic mass is 9.80. The van der Waals surface area contributed by atoms with E-state index < -0.39 is 0 Å². The molecule has 0 aromatic carbocycles. The molecule has 4 rings (SSSR count). The van der Waals surface area contributed by atoms with E-state index in [9.17, 15) is 9.59 Å². The molecule has 0 aromatic rings. The molecule has 3 heterocycles. The molecular formula is C20H35N5O3. The van der Waals surface area contributed by atoms with Crippen molar-refractivity contribution in [1.29, 1.82) is 0 Å². The number of rotatable bonds is 4. The molecule has 28 heavy (non-hydrogen) atoms. The van der Waals surface area contributed by atoms with E-state index in [-0.39, 0.29) is 23.9 Å². The van der Waals surface area contributed by atoms with Crippen molar-refractivity contribution in [1.82, 2.24) is 25.6 Å². The zero-order chi connectivity index (χ0) is 19.5. The van der Waals surface area contributed by atoms with Gasteiger partial charge in [-0.05, 0) is 18.3 Å². The topological polar surface area (TPSA) is 77.2 Å². The molecule has 0 spiro atoms. The second-order valence-electron chi connectivity index (χ2n) is 8.86. The Balaban J connectivity index is 1.38. The van der Waals surface area contributed by atoms with Gasteiger partial charge in [-0.3, -0.25) is 24.8 Å². The first-order valence-electron chi connectivity index (χ1n) is 11.0. The summed E-state index contributed by atoms with van der Waals surface area (Å²) in [5.41, 5.74) is 5.81. The van der Waals surface area contributed by atoms with Crippen molar-refractivity contribution in [2.24, 2.45) is 11.8 Å². The summed E-state index contributed by atoms with van der Waals surface area (Å²) in [4.78, 5) is 32.0. The molecule has 3 aliphatic heterocycles. The van der Waals surface area contributed by atoms with E-state index in [4.69, 9.17) is 4.74 Å². The van der Waals surface area contributed by atoms with Crippen molar-refractivity contribution in [2.45, 2.75) is 44.7 Å². The van der Waals surface area contributed by atoms with Crippen molar-refractivity contribution in [3.05, 3.63) is 0 Å². The van der Waals surface area contributed by atoms with Gasteiger partial charge in [0.15, 0.2) is 0 Å². The number of carbonyl (C=O) groups excluding carboxylic acids is 2. The molecule has 1 aliphatic carbocycles.